The monoisotopic (exact) mass is 128 g/mol. The summed E-state index contributed by atoms with van der Waals surface area (Å²) in [7, 11) is 5.66. The van der Waals surface area contributed by atoms with Gasteiger partial charge in [-0.25, -0.2) is 0 Å². The van der Waals surface area contributed by atoms with Gasteiger partial charge in [-0.1, -0.05) is 41.9 Å². The first-order chi connectivity index (χ1) is 4.84. The molecule has 0 bridgehead atoms. The molecule has 0 spiro atoms. The van der Waals surface area contributed by atoms with Gasteiger partial charge in [0.15, 0.2) is 0 Å². The van der Waals surface area contributed by atoms with Gasteiger partial charge in [-0.15, -0.1) is 0 Å². The summed E-state index contributed by atoms with van der Waals surface area (Å²) in [5.74, 6) is 0. The molecule has 48 valence electrons. The van der Waals surface area contributed by atoms with Crippen LogP contribution in [0, 0.1) is 0 Å². The zero-order valence-electron chi connectivity index (χ0n) is 6.04. The first kappa shape index (κ1) is 7.14. The molecular weight excluding hydrogens is 119 g/mol. The summed E-state index contributed by atoms with van der Waals surface area (Å²) < 4.78 is 0. The van der Waals surface area contributed by atoms with Gasteiger partial charge >= 0.3 is 0 Å². The molecule has 0 saturated carbocycles. The minimum Gasteiger partial charge on any atom is -0.0941 e. The quantitative estimate of drug-likeness (QED) is 0.508. The van der Waals surface area contributed by atoms with Crippen molar-refractivity contribution >= 4 is 13.3 Å². The third-order valence-electron chi connectivity index (χ3n) is 1.42. The van der Waals surface area contributed by atoms with Crippen LogP contribution in [0.4, 0.5) is 0 Å². The van der Waals surface area contributed by atoms with Crippen LogP contribution in [0.3, 0.4) is 0 Å². The predicted octanol–water partition coefficient (Wildman–Crippen LogP) is 2.22. The standard InChI is InChI=1S/C9H9B/c1-2-9(10)8-6-4-3-5-7-8/h2-7H,1H3/b9-2-. The van der Waals surface area contributed by atoms with Crippen LogP contribution in [0.1, 0.15) is 12.5 Å². The molecule has 0 aliphatic rings. The summed E-state index contributed by atoms with van der Waals surface area (Å²) in [6.45, 7) is 1.93. The average molecular weight is 128 g/mol. The smallest absolute Gasteiger partial charge is 0.0941 e. The highest BCUT2D eigenvalue weighted by Gasteiger charge is 1.88. The molecule has 0 saturated heterocycles. The minimum absolute atomic E-state index is 0.834. The second-order valence-corrected chi connectivity index (χ2v) is 2.11. The molecule has 0 aliphatic carbocycles. The van der Waals surface area contributed by atoms with Crippen molar-refractivity contribution in [2.75, 3.05) is 0 Å². The summed E-state index contributed by atoms with van der Waals surface area (Å²) in [6.07, 6.45) is 1.90. The number of hydrogen-bond acceptors (Lipinski definition) is 0. The van der Waals surface area contributed by atoms with E-state index in [1.807, 2.05) is 43.3 Å². The second-order valence-electron chi connectivity index (χ2n) is 2.11. The average Bonchev–Trinajstić information content (AvgIpc) is 2.05. The van der Waals surface area contributed by atoms with Crippen molar-refractivity contribution in [3.63, 3.8) is 0 Å². The van der Waals surface area contributed by atoms with E-state index >= 15 is 0 Å². The summed E-state index contributed by atoms with van der Waals surface area (Å²) in [5.41, 5.74) is 1.92. The molecule has 2 radical (unpaired) electrons. The number of hydrogen-bond donors (Lipinski definition) is 0. The van der Waals surface area contributed by atoms with Gasteiger partial charge in [-0.05, 0) is 12.5 Å². The molecule has 0 aliphatic heterocycles. The van der Waals surface area contributed by atoms with E-state index < -0.39 is 0 Å². The van der Waals surface area contributed by atoms with Gasteiger partial charge in [0, 0.05) is 0 Å². The van der Waals surface area contributed by atoms with Crippen molar-refractivity contribution in [2.45, 2.75) is 6.92 Å². The fourth-order valence-electron chi connectivity index (χ4n) is 0.797. The highest BCUT2D eigenvalue weighted by molar-refractivity contribution is 6.42. The Bertz CT molecular complexity index is 224. The van der Waals surface area contributed by atoms with Crippen molar-refractivity contribution in [2.24, 2.45) is 0 Å². The highest BCUT2D eigenvalue weighted by atomic mass is 13.9. The molecule has 0 unspecified atom stereocenters. The minimum atomic E-state index is 0.834. The lowest BCUT2D eigenvalue weighted by Gasteiger charge is -1.97. The Kier molecular flexibility index (Phi) is 2.32. The Labute approximate surface area is 63.0 Å². The fourth-order valence-corrected chi connectivity index (χ4v) is 0.797. The summed E-state index contributed by atoms with van der Waals surface area (Å²) in [6, 6.07) is 9.93. The number of rotatable bonds is 1. The van der Waals surface area contributed by atoms with E-state index in [-0.39, 0.29) is 0 Å². The van der Waals surface area contributed by atoms with E-state index in [0.717, 1.165) is 11.0 Å². The molecule has 0 atom stereocenters. The van der Waals surface area contributed by atoms with E-state index in [9.17, 15) is 0 Å². The third kappa shape index (κ3) is 1.50. The lowest BCUT2D eigenvalue weighted by Crippen LogP contribution is -1.79. The molecule has 0 amide bonds. The topological polar surface area (TPSA) is 0 Å². The Morgan fingerprint density at radius 1 is 1.30 bits per heavy atom. The Hall–Kier alpha value is -0.975. The van der Waals surface area contributed by atoms with Crippen molar-refractivity contribution in [1.29, 1.82) is 0 Å². The Morgan fingerprint density at radius 3 is 2.40 bits per heavy atom. The van der Waals surface area contributed by atoms with E-state index in [4.69, 9.17) is 7.85 Å². The van der Waals surface area contributed by atoms with Gasteiger partial charge in [0.1, 0.15) is 7.85 Å². The molecule has 0 nitrogen and oxygen atoms in total. The normalized spacial score (nSPS) is 11.5. The summed E-state index contributed by atoms with van der Waals surface area (Å²) in [5, 5.41) is 0. The van der Waals surface area contributed by atoms with E-state index in [0.29, 0.717) is 0 Å². The van der Waals surface area contributed by atoms with Crippen LogP contribution in [-0.4, -0.2) is 7.85 Å². The highest BCUT2D eigenvalue weighted by Crippen LogP contribution is 2.08. The summed E-state index contributed by atoms with van der Waals surface area (Å²) >= 11 is 0. The maximum atomic E-state index is 5.66. The molecule has 0 heterocycles. The zero-order valence-corrected chi connectivity index (χ0v) is 6.04. The molecule has 1 aromatic carbocycles. The van der Waals surface area contributed by atoms with Crippen molar-refractivity contribution in [3.8, 4) is 0 Å². The van der Waals surface area contributed by atoms with E-state index in [2.05, 4.69) is 0 Å². The number of allylic oxidation sites excluding steroid dienone is 1. The molecule has 0 N–H and O–H groups in total. The van der Waals surface area contributed by atoms with Gasteiger partial charge in [0.25, 0.3) is 0 Å². The largest absolute Gasteiger partial charge is 0.114 e. The fraction of sp³-hybridized carbons (Fsp3) is 0.111. The lowest BCUT2D eigenvalue weighted by molar-refractivity contribution is 1.63. The predicted molar refractivity (Wildman–Crippen MR) is 45.8 cm³/mol. The maximum absolute atomic E-state index is 5.66. The van der Waals surface area contributed by atoms with Gasteiger partial charge in [-0.2, -0.15) is 0 Å². The van der Waals surface area contributed by atoms with Crippen LogP contribution in [0.5, 0.6) is 0 Å². The van der Waals surface area contributed by atoms with Crippen molar-refractivity contribution in [3.05, 3.63) is 42.0 Å². The number of benzene rings is 1. The third-order valence-corrected chi connectivity index (χ3v) is 1.42. The molecule has 1 aromatic rings. The second kappa shape index (κ2) is 3.26. The molecule has 0 fully saturated rings. The van der Waals surface area contributed by atoms with Crippen LogP contribution < -0.4 is 0 Å². The van der Waals surface area contributed by atoms with E-state index in [1.165, 1.54) is 0 Å². The van der Waals surface area contributed by atoms with Crippen LogP contribution in [-0.2, 0) is 0 Å². The lowest BCUT2D eigenvalue weighted by atomic mass is 9.88. The van der Waals surface area contributed by atoms with Gasteiger partial charge in [0.2, 0.25) is 0 Å². The van der Waals surface area contributed by atoms with Gasteiger partial charge in [-0.3, -0.25) is 0 Å². The van der Waals surface area contributed by atoms with Crippen molar-refractivity contribution in [1.82, 2.24) is 0 Å². The zero-order chi connectivity index (χ0) is 7.40. The van der Waals surface area contributed by atoms with Crippen LogP contribution >= 0.6 is 0 Å². The molecule has 0 aromatic heterocycles. The van der Waals surface area contributed by atoms with Crippen molar-refractivity contribution < 1.29 is 0 Å². The summed E-state index contributed by atoms with van der Waals surface area (Å²) in [4.78, 5) is 0. The first-order valence-electron chi connectivity index (χ1n) is 3.32. The molecular formula is C9H9B. The van der Waals surface area contributed by atoms with Crippen LogP contribution in [0.25, 0.3) is 5.47 Å². The van der Waals surface area contributed by atoms with Crippen LogP contribution in [0.2, 0.25) is 0 Å². The first-order valence-corrected chi connectivity index (χ1v) is 3.32. The maximum Gasteiger partial charge on any atom is 0.114 e. The van der Waals surface area contributed by atoms with Crippen LogP contribution in [0.15, 0.2) is 36.4 Å². The molecule has 1 heteroatoms. The molecule has 10 heavy (non-hydrogen) atoms. The molecule has 1 rings (SSSR count). The Morgan fingerprint density at radius 2 is 1.90 bits per heavy atom. The SMILES string of the molecule is [B]/C(=C\C)c1ccccc1. The Balaban J connectivity index is 2.96. The van der Waals surface area contributed by atoms with E-state index in [1.54, 1.807) is 0 Å². The van der Waals surface area contributed by atoms with Gasteiger partial charge < -0.3 is 0 Å². The van der Waals surface area contributed by atoms with Gasteiger partial charge in [0.05, 0.1) is 0 Å².